The number of hydrazone groups is 1. The Labute approximate surface area is 126 Å². The predicted octanol–water partition coefficient (Wildman–Crippen LogP) is 3.07. The number of hydrogen-bond donors (Lipinski definition) is 1. The molecule has 1 aromatic heterocycles. The highest BCUT2D eigenvalue weighted by Gasteiger charge is 2.10. The lowest BCUT2D eigenvalue weighted by Crippen LogP contribution is -2.16. The first-order valence-electron chi connectivity index (χ1n) is 6.58. The van der Waals surface area contributed by atoms with E-state index in [9.17, 15) is 4.79 Å². The molecule has 0 saturated heterocycles. The molecule has 0 atom stereocenters. The van der Waals surface area contributed by atoms with Crippen molar-refractivity contribution in [3.05, 3.63) is 71.5 Å². The van der Waals surface area contributed by atoms with Crippen molar-refractivity contribution < 1.29 is 9.21 Å². The molecule has 106 valence electrons. The fourth-order valence-corrected chi connectivity index (χ4v) is 1.96. The number of nitrogens with zero attached hydrogens (tertiary/aromatic N) is 2. The highest BCUT2D eigenvalue weighted by Crippen LogP contribution is 2.18. The zero-order valence-electron chi connectivity index (χ0n) is 11.5. The average molecular weight is 289 g/mol. The van der Waals surface area contributed by atoms with Gasteiger partial charge in [0.2, 0.25) is 0 Å². The van der Waals surface area contributed by atoms with E-state index in [1.54, 1.807) is 36.4 Å². The van der Waals surface area contributed by atoms with Crippen LogP contribution in [-0.4, -0.2) is 12.1 Å². The Hall–Kier alpha value is -3.39. The van der Waals surface area contributed by atoms with E-state index in [0.717, 1.165) is 10.9 Å². The summed E-state index contributed by atoms with van der Waals surface area (Å²) in [5.41, 5.74) is 4.42. The van der Waals surface area contributed by atoms with Crippen molar-refractivity contribution in [2.24, 2.45) is 5.10 Å². The lowest BCUT2D eigenvalue weighted by molar-refractivity contribution is 0.0929. The molecule has 0 bridgehead atoms. The summed E-state index contributed by atoms with van der Waals surface area (Å²) in [6.45, 7) is 0. The quantitative estimate of drug-likeness (QED) is 0.594. The van der Waals surface area contributed by atoms with Crippen LogP contribution in [0.15, 0.2) is 64.1 Å². The summed E-state index contributed by atoms with van der Waals surface area (Å²) in [6, 6.07) is 18.0. The summed E-state index contributed by atoms with van der Waals surface area (Å²) in [7, 11) is 0. The van der Waals surface area contributed by atoms with Crippen LogP contribution in [0.5, 0.6) is 0 Å². The first-order valence-corrected chi connectivity index (χ1v) is 6.58. The number of hydrogen-bond acceptors (Lipinski definition) is 4. The topological polar surface area (TPSA) is 78.4 Å². The van der Waals surface area contributed by atoms with Gasteiger partial charge in [0.25, 0.3) is 0 Å². The second-order valence-electron chi connectivity index (χ2n) is 4.58. The minimum absolute atomic E-state index is 0.207. The van der Waals surface area contributed by atoms with E-state index in [0.29, 0.717) is 11.1 Å². The van der Waals surface area contributed by atoms with Gasteiger partial charge >= 0.3 is 5.91 Å². The number of nitrogens with one attached hydrogen (secondary N) is 1. The second kappa shape index (κ2) is 5.94. The van der Waals surface area contributed by atoms with Crippen LogP contribution in [0.1, 0.15) is 21.7 Å². The summed E-state index contributed by atoms with van der Waals surface area (Å²) < 4.78 is 5.44. The number of amides is 1. The number of furan rings is 1. The van der Waals surface area contributed by atoms with Crippen LogP contribution in [-0.2, 0) is 0 Å². The lowest BCUT2D eigenvalue weighted by Gasteiger charge is -1.95. The van der Waals surface area contributed by atoms with Crippen molar-refractivity contribution >= 4 is 23.1 Å². The molecular formula is C17H11N3O2. The lowest BCUT2D eigenvalue weighted by atomic mass is 10.2. The van der Waals surface area contributed by atoms with Gasteiger partial charge in [-0.2, -0.15) is 10.4 Å². The molecule has 2 aromatic carbocycles. The molecule has 0 saturated carbocycles. The number of benzene rings is 2. The number of rotatable bonds is 3. The Morgan fingerprint density at radius 1 is 1.18 bits per heavy atom. The van der Waals surface area contributed by atoms with Crippen LogP contribution in [0, 0.1) is 11.3 Å². The van der Waals surface area contributed by atoms with E-state index in [1.165, 1.54) is 6.21 Å². The van der Waals surface area contributed by atoms with Crippen molar-refractivity contribution in [2.75, 3.05) is 0 Å². The summed E-state index contributed by atoms with van der Waals surface area (Å²) in [5, 5.41) is 13.5. The highest BCUT2D eigenvalue weighted by molar-refractivity contribution is 5.96. The van der Waals surface area contributed by atoms with E-state index in [4.69, 9.17) is 9.68 Å². The van der Waals surface area contributed by atoms with E-state index in [1.807, 2.05) is 24.3 Å². The zero-order chi connectivity index (χ0) is 15.4. The molecule has 0 aliphatic carbocycles. The number of carbonyl (C=O) groups excluding carboxylic acids is 1. The SMILES string of the molecule is N#Cc1ccc(/C=N/NC(=O)c2cc3ccccc3o2)cc1. The third-order valence-electron chi connectivity index (χ3n) is 3.07. The third kappa shape index (κ3) is 2.86. The molecule has 0 radical (unpaired) electrons. The molecular weight excluding hydrogens is 278 g/mol. The minimum Gasteiger partial charge on any atom is -0.451 e. The molecule has 1 amide bonds. The standard InChI is InChI=1S/C17H11N3O2/c18-10-12-5-7-13(8-6-12)11-19-20-17(21)16-9-14-3-1-2-4-15(14)22-16/h1-9,11H,(H,20,21)/b19-11+. The highest BCUT2D eigenvalue weighted by atomic mass is 16.3. The van der Waals surface area contributed by atoms with Crippen molar-refractivity contribution in [1.82, 2.24) is 5.43 Å². The van der Waals surface area contributed by atoms with Gasteiger partial charge in [-0.3, -0.25) is 4.79 Å². The molecule has 22 heavy (non-hydrogen) atoms. The maximum Gasteiger partial charge on any atom is 0.307 e. The van der Waals surface area contributed by atoms with E-state index >= 15 is 0 Å². The normalized spacial score (nSPS) is 10.7. The predicted molar refractivity (Wildman–Crippen MR) is 82.4 cm³/mol. The molecule has 5 heteroatoms. The molecule has 5 nitrogen and oxygen atoms in total. The monoisotopic (exact) mass is 289 g/mol. The smallest absolute Gasteiger partial charge is 0.307 e. The van der Waals surface area contributed by atoms with Crippen LogP contribution < -0.4 is 5.43 Å². The third-order valence-corrected chi connectivity index (χ3v) is 3.07. The van der Waals surface area contributed by atoms with Crippen LogP contribution >= 0.6 is 0 Å². The molecule has 0 aliphatic heterocycles. The van der Waals surface area contributed by atoms with Crippen molar-refractivity contribution in [2.45, 2.75) is 0 Å². The van der Waals surface area contributed by atoms with Gasteiger partial charge in [0.15, 0.2) is 5.76 Å². The summed E-state index contributed by atoms with van der Waals surface area (Å²) >= 11 is 0. The first kappa shape index (κ1) is 13.6. The molecule has 0 fully saturated rings. The van der Waals surface area contributed by atoms with Gasteiger partial charge in [-0.15, -0.1) is 0 Å². The fraction of sp³-hybridized carbons (Fsp3) is 0. The molecule has 0 unspecified atom stereocenters. The minimum atomic E-state index is -0.416. The summed E-state index contributed by atoms with van der Waals surface area (Å²) in [5.74, 6) is -0.209. The largest absolute Gasteiger partial charge is 0.451 e. The van der Waals surface area contributed by atoms with Crippen molar-refractivity contribution in [1.29, 1.82) is 5.26 Å². The second-order valence-corrected chi connectivity index (χ2v) is 4.58. The van der Waals surface area contributed by atoms with Crippen molar-refractivity contribution in [3.8, 4) is 6.07 Å². The summed E-state index contributed by atoms with van der Waals surface area (Å²) in [6.07, 6.45) is 1.50. The van der Waals surface area contributed by atoms with Crippen molar-refractivity contribution in [3.63, 3.8) is 0 Å². The summed E-state index contributed by atoms with van der Waals surface area (Å²) in [4.78, 5) is 11.9. The number of carbonyl (C=O) groups is 1. The molecule has 0 aliphatic rings. The van der Waals surface area contributed by atoms with Gasteiger partial charge in [-0.05, 0) is 29.8 Å². The molecule has 3 aromatic rings. The maximum absolute atomic E-state index is 11.9. The first-order chi connectivity index (χ1) is 10.8. The van der Waals surface area contributed by atoms with Crippen LogP contribution in [0.3, 0.4) is 0 Å². The van der Waals surface area contributed by atoms with Gasteiger partial charge < -0.3 is 4.42 Å². The van der Waals surface area contributed by atoms with Gasteiger partial charge in [-0.25, -0.2) is 5.43 Å². The molecule has 0 spiro atoms. The average Bonchev–Trinajstić information content (AvgIpc) is 2.99. The molecule has 1 heterocycles. The molecule has 1 N–H and O–H groups in total. The van der Waals surface area contributed by atoms with Gasteiger partial charge in [0.1, 0.15) is 5.58 Å². The number of para-hydroxylation sites is 1. The fourth-order valence-electron chi connectivity index (χ4n) is 1.96. The Morgan fingerprint density at radius 2 is 1.95 bits per heavy atom. The van der Waals surface area contributed by atoms with Gasteiger partial charge in [0, 0.05) is 5.39 Å². The van der Waals surface area contributed by atoms with Crippen LogP contribution in [0.4, 0.5) is 0 Å². The van der Waals surface area contributed by atoms with E-state index in [-0.39, 0.29) is 5.76 Å². The van der Waals surface area contributed by atoms with E-state index in [2.05, 4.69) is 10.5 Å². The Balaban J connectivity index is 1.68. The number of fused-ring (bicyclic) bond motifs is 1. The Bertz CT molecular complexity index is 853. The molecule has 3 rings (SSSR count). The number of nitriles is 1. The van der Waals surface area contributed by atoms with Gasteiger partial charge in [0.05, 0.1) is 17.8 Å². The van der Waals surface area contributed by atoms with E-state index < -0.39 is 5.91 Å². The maximum atomic E-state index is 11.9. The van der Waals surface area contributed by atoms with Crippen LogP contribution in [0.2, 0.25) is 0 Å². The Kier molecular flexibility index (Phi) is 3.67. The Morgan fingerprint density at radius 3 is 2.68 bits per heavy atom. The zero-order valence-corrected chi connectivity index (χ0v) is 11.5. The van der Waals surface area contributed by atoms with Gasteiger partial charge in [-0.1, -0.05) is 30.3 Å². The van der Waals surface area contributed by atoms with Crippen LogP contribution in [0.25, 0.3) is 11.0 Å².